The van der Waals surface area contributed by atoms with Crippen LogP contribution in [0.3, 0.4) is 0 Å². The van der Waals surface area contributed by atoms with Gasteiger partial charge in [-0.2, -0.15) is 4.98 Å². The fourth-order valence-electron chi connectivity index (χ4n) is 2.54. The minimum absolute atomic E-state index is 0.118. The van der Waals surface area contributed by atoms with Gasteiger partial charge in [0.25, 0.3) is 0 Å². The van der Waals surface area contributed by atoms with Gasteiger partial charge in [0.2, 0.25) is 5.88 Å². The van der Waals surface area contributed by atoms with Gasteiger partial charge in [-0.1, -0.05) is 23.7 Å². The number of nitrogens with zero attached hydrogens (tertiary/aromatic N) is 1. The molecule has 1 aromatic carbocycles. The van der Waals surface area contributed by atoms with E-state index in [-0.39, 0.29) is 12.4 Å². The number of hydrogen-bond acceptors (Lipinski definition) is 4. The van der Waals surface area contributed by atoms with Crippen molar-refractivity contribution in [3.8, 4) is 5.88 Å². The zero-order valence-corrected chi connectivity index (χ0v) is 13.4. The molecule has 2 aromatic rings. The van der Waals surface area contributed by atoms with E-state index < -0.39 is 0 Å². The SMILES string of the molecule is Fc1cc(Cl)ccc1COc1cccc(NC2CCNCC2)n1. The quantitative estimate of drug-likeness (QED) is 0.876. The molecule has 0 aliphatic carbocycles. The van der Waals surface area contributed by atoms with Crippen molar-refractivity contribution in [1.29, 1.82) is 0 Å². The van der Waals surface area contributed by atoms with Crippen LogP contribution in [-0.2, 0) is 6.61 Å². The summed E-state index contributed by atoms with van der Waals surface area (Å²) in [5, 5.41) is 7.12. The monoisotopic (exact) mass is 335 g/mol. The average Bonchev–Trinajstić information content (AvgIpc) is 2.55. The lowest BCUT2D eigenvalue weighted by Crippen LogP contribution is -2.35. The van der Waals surface area contributed by atoms with Crippen LogP contribution in [0.5, 0.6) is 5.88 Å². The molecule has 0 spiro atoms. The van der Waals surface area contributed by atoms with Crippen LogP contribution in [0.15, 0.2) is 36.4 Å². The molecule has 0 bridgehead atoms. The molecule has 4 nitrogen and oxygen atoms in total. The highest BCUT2D eigenvalue weighted by Crippen LogP contribution is 2.19. The Hall–Kier alpha value is -1.85. The molecule has 0 saturated carbocycles. The van der Waals surface area contributed by atoms with E-state index in [1.807, 2.05) is 12.1 Å². The van der Waals surface area contributed by atoms with Crippen LogP contribution >= 0.6 is 11.6 Å². The summed E-state index contributed by atoms with van der Waals surface area (Å²) in [6.45, 7) is 2.15. The Bertz CT molecular complexity index is 662. The molecule has 3 rings (SSSR count). The van der Waals surface area contributed by atoms with E-state index in [1.54, 1.807) is 18.2 Å². The van der Waals surface area contributed by atoms with E-state index in [9.17, 15) is 4.39 Å². The Morgan fingerprint density at radius 1 is 1.26 bits per heavy atom. The molecule has 1 aromatic heterocycles. The molecule has 1 fully saturated rings. The second-order valence-corrected chi connectivity index (χ2v) is 5.99. The Morgan fingerprint density at radius 3 is 2.87 bits per heavy atom. The third-order valence-electron chi connectivity index (χ3n) is 3.81. The van der Waals surface area contributed by atoms with E-state index >= 15 is 0 Å². The number of rotatable bonds is 5. The second-order valence-electron chi connectivity index (χ2n) is 5.55. The van der Waals surface area contributed by atoms with Crippen molar-refractivity contribution in [2.24, 2.45) is 0 Å². The van der Waals surface area contributed by atoms with Crippen molar-refractivity contribution in [3.63, 3.8) is 0 Å². The largest absolute Gasteiger partial charge is 0.473 e. The van der Waals surface area contributed by atoms with E-state index in [1.165, 1.54) is 6.07 Å². The van der Waals surface area contributed by atoms with Gasteiger partial charge >= 0.3 is 0 Å². The Labute approximate surface area is 140 Å². The van der Waals surface area contributed by atoms with Gasteiger partial charge in [-0.05, 0) is 44.1 Å². The molecule has 1 saturated heterocycles. The zero-order valence-electron chi connectivity index (χ0n) is 12.7. The van der Waals surface area contributed by atoms with Crippen LogP contribution in [0.25, 0.3) is 0 Å². The predicted octanol–water partition coefficient (Wildman–Crippen LogP) is 3.62. The van der Waals surface area contributed by atoms with Crippen LogP contribution in [-0.4, -0.2) is 24.1 Å². The highest BCUT2D eigenvalue weighted by molar-refractivity contribution is 6.30. The fourth-order valence-corrected chi connectivity index (χ4v) is 2.70. The molecule has 1 aliphatic heterocycles. The highest BCUT2D eigenvalue weighted by Gasteiger charge is 2.13. The number of piperidine rings is 1. The molecule has 0 unspecified atom stereocenters. The van der Waals surface area contributed by atoms with Gasteiger partial charge in [-0.25, -0.2) is 4.39 Å². The first-order valence-electron chi connectivity index (χ1n) is 7.72. The Balaban J connectivity index is 1.60. The van der Waals surface area contributed by atoms with Crippen LogP contribution < -0.4 is 15.4 Å². The van der Waals surface area contributed by atoms with Crippen LogP contribution in [0.4, 0.5) is 10.2 Å². The minimum Gasteiger partial charge on any atom is -0.473 e. The fraction of sp³-hybridized carbons (Fsp3) is 0.353. The van der Waals surface area contributed by atoms with Gasteiger partial charge < -0.3 is 15.4 Å². The van der Waals surface area contributed by atoms with Crippen molar-refractivity contribution in [1.82, 2.24) is 10.3 Å². The number of aromatic nitrogens is 1. The summed E-state index contributed by atoms with van der Waals surface area (Å²) < 4.78 is 19.3. The van der Waals surface area contributed by atoms with Gasteiger partial charge in [0.1, 0.15) is 18.2 Å². The molecule has 0 amide bonds. The first kappa shape index (κ1) is 16.0. The Morgan fingerprint density at radius 2 is 2.09 bits per heavy atom. The number of anilines is 1. The number of halogens is 2. The third-order valence-corrected chi connectivity index (χ3v) is 4.04. The molecule has 122 valence electrons. The number of benzene rings is 1. The molecule has 2 N–H and O–H groups in total. The normalized spacial score (nSPS) is 15.4. The van der Waals surface area contributed by atoms with Crippen LogP contribution in [0.1, 0.15) is 18.4 Å². The number of ether oxygens (including phenoxy) is 1. The van der Waals surface area contributed by atoms with Gasteiger partial charge in [-0.3, -0.25) is 0 Å². The van der Waals surface area contributed by atoms with Crippen LogP contribution in [0.2, 0.25) is 5.02 Å². The molecule has 6 heteroatoms. The van der Waals surface area contributed by atoms with Crippen molar-refractivity contribution in [2.45, 2.75) is 25.5 Å². The predicted molar refractivity (Wildman–Crippen MR) is 89.5 cm³/mol. The highest BCUT2D eigenvalue weighted by atomic mass is 35.5. The molecular weight excluding hydrogens is 317 g/mol. The van der Waals surface area contributed by atoms with Crippen molar-refractivity contribution in [2.75, 3.05) is 18.4 Å². The standard InChI is InChI=1S/C17H19ClFN3O/c18-13-5-4-12(15(19)10-13)11-23-17-3-1-2-16(22-17)21-14-6-8-20-9-7-14/h1-5,10,14,20H,6-9,11H2,(H,21,22). The summed E-state index contributed by atoms with van der Waals surface area (Å²) in [5.41, 5.74) is 0.452. The van der Waals surface area contributed by atoms with Crippen LogP contribution in [0, 0.1) is 5.82 Å². The maximum atomic E-state index is 13.7. The minimum atomic E-state index is -0.374. The van der Waals surface area contributed by atoms with Crippen molar-refractivity contribution in [3.05, 3.63) is 52.8 Å². The molecule has 0 radical (unpaired) electrons. The lowest BCUT2D eigenvalue weighted by molar-refractivity contribution is 0.288. The summed E-state index contributed by atoms with van der Waals surface area (Å²) in [7, 11) is 0. The van der Waals surface area contributed by atoms with E-state index in [0.29, 0.717) is 22.5 Å². The van der Waals surface area contributed by atoms with Crippen molar-refractivity contribution >= 4 is 17.4 Å². The van der Waals surface area contributed by atoms with Gasteiger partial charge in [0, 0.05) is 22.7 Å². The van der Waals surface area contributed by atoms with Gasteiger partial charge in [0.05, 0.1) is 0 Å². The lowest BCUT2D eigenvalue weighted by atomic mass is 10.1. The van der Waals surface area contributed by atoms with Gasteiger partial charge in [-0.15, -0.1) is 0 Å². The first-order valence-corrected chi connectivity index (χ1v) is 8.09. The third kappa shape index (κ3) is 4.56. The summed E-state index contributed by atoms with van der Waals surface area (Å²) >= 11 is 5.74. The van der Waals surface area contributed by atoms with Crippen molar-refractivity contribution < 1.29 is 9.13 Å². The Kier molecular flexibility index (Phi) is 5.31. The van der Waals surface area contributed by atoms with E-state index in [0.717, 1.165) is 31.7 Å². The molecule has 2 heterocycles. The molecular formula is C17H19ClFN3O. The zero-order chi connectivity index (χ0) is 16.1. The summed E-state index contributed by atoms with van der Waals surface area (Å²) in [5.74, 6) is 0.880. The second kappa shape index (κ2) is 7.62. The first-order chi connectivity index (χ1) is 11.2. The molecule has 1 aliphatic rings. The molecule has 23 heavy (non-hydrogen) atoms. The van der Waals surface area contributed by atoms with E-state index in [4.69, 9.17) is 16.3 Å². The number of hydrogen-bond donors (Lipinski definition) is 2. The number of nitrogens with one attached hydrogen (secondary N) is 2. The maximum Gasteiger partial charge on any atom is 0.215 e. The average molecular weight is 336 g/mol. The topological polar surface area (TPSA) is 46.2 Å². The summed E-state index contributed by atoms with van der Waals surface area (Å²) in [6, 6.07) is 10.5. The van der Waals surface area contributed by atoms with E-state index in [2.05, 4.69) is 15.6 Å². The smallest absolute Gasteiger partial charge is 0.215 e. The number of pyridine rings is 1. The maximum absolute atomic E-state index is 13.7. The lowest BCUT2D eigenvalue weighted by Gasteiger charge is -2.24. The molecule has 0 atom stereocenters. The summed E-state index contributed by atoms with van der Waals surface area (Å²) in [6.07, 6.45) is 2.14. The van der Waals surface area contributed by atoms with Gasteiger partial charge in [0.15, 0.2) is 0 Å². The summed E-state index contributed by atoms with van der Waals surface area (Å²) in [4.78, 5) is 4.43.